The van der Waals surface area contributed by atoms with Crippen LogP contribution in [0.4, 0.5) is 10.8 Å². The van der Waals surface area contributed by atoms with Crippen molar-refractivity contribution in [3.05, 3.63) is 61.8 Å². The maximum atomic E-state index is 12.4. The van der Waals surface area contributed by atoms with Crippen LogP contribution in [0, 0.1) is 27.7 Å². The summed E-state index contributed by atoms with van der Waals surface area (Å²) >= 11 is 2.76. The van der Waals surface area contributed by atoms with Crippen LogP contribution in [0.15, 0.2) is 29.6 Å². The Hall–Kier alpha value is -2.51. The van der Waals surface area contributed by atoms with Gasteiger partial charge in [0.25, 0.3) is 0 Å². The van der Waals surface area contributed by atoms with Crippen LogP contribution >= 0.6 is 22.7 Å². The quantitative estimate of drug-likeness (QED) is 0.519. The van der Waals surface area contributed by atoms with E-state index in [-0.39, 0.29) is 18.5 Å². The monoisotopic (exact) mass is 414 g/mol. The molecule has 146 valence electrons. The second-order valence-electron chi connectivity index (χ2n) is 6.71. The van der Waals surface area contributed by atoms with E-state index in [4.69, 9.17) is 4.74 Å². The minimum atomic E-state index is -0.360. The number of ether oxygens (including phenoxy) is 1. The first kappa shape index (κ1) is 20.2. The van der Waals surface area contributed by atoms with Crippen molar-refractivity contribution in [1.82, 2.24) is 4.98 Å². The lowest BCUT2D eigenvalue weighted by Gasteiger charge is -2.23. The zero-order valence-electron chi connectivity index (χ0n) is 16.5. The maximum absolute atomic E-state index is 12.4. The first-order valence-electron chi connectivity index (χ1n) is 8.82. The molecule has 2 aromatic heterocycles. The van der Waals surface area contributed by atoms with Gasteiger partial charge >= 0.3 is 5.97 Å². The van der Waals surface area contributed by atoms with Crippen LogP contribution in [0.1, 0.15) is 43.9 Å². The molecule has 0 aliphatic heterocycles. The molecule has 7 heteroatoms. The van der Waals surface area contributed by atoms with Crippen molar-refractivity contribution >= 4 is 45.4 Å². The third-order valence-electron chi connectivity index (χ3n) is 4.20. The van der Waals surface area contributed by atoms with E-state index in [0.717, 1.165) is 27.3 Å². The van der Waals surface area contributed by atoms with E-state index < -0.39 is 0 Å². The third kappa shape index (κ3) is 4.31. The summed E-state index contributed by atoms with van der Waals surface area (Å²) in [5.41, 5.74) is 4.66. The molecular weight excluding hydrogens is 392 g/mol. The molecule has 2 heterocycles. The van der Waals surface area contributed by atoms with Gasteiger partial charge < -0.3 is 4.74 Å². The highest BCUT2D eigenvalue weighted by molar-refractivity contribution is 7.14. The minimum absolute atomic E-state index is 0.0733. The smallest absolute Gasteiger partial charge is 0.348 e. The molecule has 0 unspecified atom stereocenters. The Bertz CT molecular complexity index is 1010. The van der Waals surface area contributed by atoms with Crippen LogP contribution in [-0.4, -0.2) is 16.9 Å². The van der Waals surface area contributed by atoms with Crippen molar-refractivity contribution in [2.75, 3.05) is 4.90 Å². The molecule has 0 bridgehead atoms. The summed E-state index contributed by atoms with van der Waals surface area (Å²) in [5.74, 6) is -0.469. The minimum Gasteiger partial charge on any atom is -0.455 e. The number of nitrogens with zero attached hydrogens (tertiary/aromatic N) is 2. The highest BCUT2D eigenvalue weighted by Gasteiger charge is 2.22. The van der Waals surface area contributed by atoms with E-state index in [1.54, 1.807) is 11.0 Å². The van der Waals surface area contributed by atoms with Crippen LogP contribution < -0.4 is 4.90 Å². The summed E-state index contributed by atoms with van der Waals surface area (Å²) in [6.45, 7) is 9.56. The summed E-state index contributed by atoms with van der Waals surface area (Å²) in [7, 11) is 0. The lowest BCUT2D eigenvalue weighted by atomic mass is 10.0. The van der Waals surface area contributed by atoms with Crippen LogP contribution in [-0.2, 0) is 16.1 Å². The summed E-state index contributed by atoms with van der Waals surface area (Å²) in [6, 6.07) is 7.75. The molecule has 0 spiro atoms. The largest absolute Gasteiger partial charge is 0.455 e. The SMILES string of the molecule is CC(=O)N(c1nc(COC(=O)c2ccc(C)s2)cs1)c1c(C)cc(C)cc1C. The van der Waals surface area contributed by atoms with Crippen molar-refractivity contribution < 1.29 is 14.3 Å². The number of anilines is 2. The summed E-state index contributed by atoms with van der Waals surface area (Å²) in [4.78, 5) is 32.3. The summed E-state index contributed by atoms with van der Waals surface area (Å²) in [5, 5.41) is 2.39. The second-order valence-corrected chi connectivity index (χ2v) is 8.83. The lowest BCUT2D eigenvalue weighted by Crippen LogP contribution is -2.24. The predicted octanol–water partition coefficient (Wildman–Crippen LogP) is 5.48. The van der Waals surface area contributed by atoms with Gasteiger partial charge in [-0.1, -0.05) is 17.7 Å². The van der Waals surface area contributed by atoms with Gasteiger partial charge in [0.2, 0.25) is 5.91 Å². The fraction of sp³-hybridized carbons (Fsp3) is 0.286. The lowest BCUT2D eigenvalue weighted by molar-refractivity contribution is -0.115. The maximum Gasteiger partial charge on any atom is 0.348 e. The zero-order chi connectivity index (χ0) is 20.4. The molecule has 1 aromatic carbocycles. The number of aromatic nitrogens is 1. The topological polar surface area (TPSA) is 59.5 Å². The Morgan fingerprint density at radius 2 is 1.79 bits per heavy atom. The molecule has 3 aromatic rings. The molecule has 0 aliphatic carbocycles. The van der Waals surface area contributed by atoms with Crippen molar-refractivity contribution in [2.45, 2.75) is 41.2 Å². The molecule has 0 saturated carbocycles. The van der Waals surface area contributed by atoms with E-state index in [0.29, 0.717) is 15.7 Å². The number of esters is 1. The number of hydrogen-bond acceptors (Lipinski definition) is 6. The van der Waals surface area contributed by atoms with Crippen molar-refractivity contribution in [2.24, 2.45) is 0 Å². The molecule has 5 nitrogen and oxygen atoms in total. The molecular formula is C21H22N2O3S2. The fourth-order valence-electron chi connectivity index (χ4n) is 3.13. The van der Waals surface area contributed by atoms with Crippen molar-refractivity contribution in [3.8, 4) is 0 Å². The number of rotatable bonds is 5. The molecule has 0 saturated heterocycles. The van der Waals surface area contributed by atoms with E-state index >= 15 is 0 Å². The average Bonchev–Trinajstić information content (AvgIpc) is 3.24. The van der Waals surface area contributed by atoms with E-state index in [9.17, 15) is 9.59 Å². The Morgan fingerprint density at radius 3 is 2.36 bits per heavy atom. The molecule has 0 atom stereocenters. The Kier molecular flexibility index (Phi) is 5.96. The summed E-state index contributed by atoms with van der Waals surface area (Å²) < 4.78 is 5.36. The Morgan fingerprint density at radius 1 is 1.11 bits per heavy atom. The van der Waals surface area contributed by atoms with E-state index in [2.05, 4.69) is 17.1 Å². The zero-order valence-corrected chi connectivity index (χ0v) is 18.2. The standard InChI is InChI=1S/C21H22N2O3S2/c1-12-8-13(2)19(14(3)9-12)23(16(5)24)21-22-17(11-27-21)10-26-20(25)18-7-6-15(4)28-18/h6-9,11H,10H2,1-5H3. The van der Waals surface area contributed by atoms with Gasteiger partial charge in [-0.3, -0.25) is 9.69 Å². The normalized spacial score (nSPS) is 10.8. The van der Waals surface area contributed by atoms with E-state index in [1.807, 2.05) is 39.1 Å². The molecule has 0 N–H and O–H groups in total. The Balaban J connectivity index is 1.81. The first-order chi connectivity index (χ1) is 13.3. The number of benzene rings is 1. The Labute approximate surface area is 172 Å². The van der Waals surface area contributed by atoms with Gasteiger partial charge in [-0.15, -0.1) is 22.7 Å². The number of thiophene rings is 1. The van der Waals surface area contributed by atoms with Gasteiger partial charge in [0.1, 0.15) is 11.5 Å². The highest BCUT2D eigenvalue weighted by Crippen LogP contribution is 2.34. The molecule has 0 aliphatic rings. The number of amides is 1. The number of aryl methyl sites for hydroxylation is 4. The number of carbonyl (C=O) groups excluding carboxylic acids is 2. The van der Waals surface area contributed by atoms with Gasteiger partial charge in [-0.2, -0.15) is 0 Å². The van der Waals surface area contributed by atoms with Crippen LogP contribution in [0.2, 0.25) is 0 Å². The fourth-order valence-corrected chi connectivity index (χ4v) is 4.75. The molecule has 0 radical (unpaired) electrons. The summed E-state index contributed by atoms with van der Waals surface area (Å²) in [6.07, 6.45) is 0. The van der Waals surface area contributed by atoms with Crippen LogP contribution in [0.25, 0.3) is 0 Å². The van der Waals surface area contributed by atoms with Crippen molar-refractivity contribution in [3.63, 3.8) is 0 Å². The number of hydrogen-bond donors (Lipinski definition) is 0. The van der Waals surface area contributed by atoms with Gasteiger partial charge in [0.05, 0.1) is 11.4 Å². The first-order valence-corrected chi connectivity index (χ1v) is 10.5. The third-order valence-corrected chi connectivity index (χ3v) is 6.05. The van der Waals surface area contributed by atoms with Gasteiger partial charge in [-0.25, -0.2) is 9.78 Å². The van der Waals surface area contributed by atoms with Gasteiger partial charge in [0.15, 0.2) is 5.13 Å². The average molecular weight is 415 g/mol. The predicted molar refractivity (Wildman–Crippen MR) is 114 cm³/mol. The van der Waals surface area contributed by atoms with Gasteiger partial charge in [-0.05, 0) is 51.0 Å². The van der Waals surface area contributed by atoms with Gasteiger partial charge in [0, 0.05) is 17.2 Å². The second kappa shape index (κ2) is 8.24. The molecule has 0 fully saturated rings. The van der Waals surface area contributed by atoms with Crippen molar-refractivity contribution in [1.29, 1.82) is 0 Å². The van der Waals surface area contributed by atoms with E-state index in [1.165, 1.54) is 29.6 Å². The molecule has 1 amide bonds. The number of carbonyl (C=O) groups is 2. The molecule has 3 rings (SSSR count). The van der Waals surface area contributed by atoms with Crippen LogP contribution in [0.5, 0.6) is 0 Å². The molecule has 28 heavy (non-hydrogen) atoms. The van der Waals surface area contributed by atoms with Crippen LogP contribution in [0.3, 0.4) is 0 Å². The highest BCUT2D eigenvalue weighted by atomic mass is 32.1. The number of thiazole rings is 1.